The fourth-order valence-electron chi connectivity index (χ4n) is 2.01. The maximum atomic E-state index is 9.40. The van der Waals surface area contributed by atoms with Crippen LogP contribution in [0.15, 0.2) is 29.2 Å². The Morgan fingerprint density at radius 1 is 1.39 bits per heavy atom. The standard InChI is InChI=1S/C15H25NOS/c1-4-16-15(3,12-17)9-6-10-18-14-8-5-7-13(2)11-14/h5,7-8,11,16-17H,4,6,9-10,12H2,1-3H3. The lowest BCUT2D eigenvalue weighted by Crippen LogP contribution is -2.45. The van der Waals surface area contributed by atoms with Gasteiger partial charge in [-0.25, -0.2) is 0 Å². The van der Waals surface area contributed by atoms with Crippen LogP contribution in [-0.4, -0.2) is 29.5 Å². The van der Waals surface area contributed by atoms with E-state index in [9.17, 15) is 5.11 Å². The molecule has 0 heterocycles. The zero-order valence-corrected chi connectivity index (χ0v) is 12.5. The summed E-state index contributed by atoms with van der Waals surface area (Å²) in [7, 11) is 0. The van der Waals surface area contributed by atoms with Crippen molar-refractivity contribution in [2.45, 2.75) is 44.0 Å². The predicted octanol–water partition coefficient (Wildman–Crippen LogP) is 3.23. The second-order valence-corrected chi connectivity index (χ2v) is 6.19. The number of rotatable bonds is 8. The van der Waals surface area contributed by atoms with E-state index in [2.05, 4.69) is 50.4 Å². The molecule has 1 aromatic carbocycles. The van der Waals surface area contributed by atoms with Gasteiger partial charge in [-0.1, -0.05) is 24.6 Å². The third-order valence-corrected chi connectivity index (χ3v) is 4.16. The van der Waals surface area contributed by atoms with E-state index >= 15 is 0 Å². The molecular weight excluding hydrogens is 242 g/mol. The van der Waals surface area contributed by atoms with E-state index in [0.29, 0.717) is 0 Å². The molecule has 1 atom stereocenters. The first kappa shape index (κ1) is 15.5. The molecule has 102 valence electrons. The van der Waals surface area contributed by atoms with Crippen molar-refractivity contribution in [2.24, 2.45) is 0 Å². The van der Waals surface area contributed by atoms with Crippen LogP contribution in [0.5, 0.6) is 0 Å². The fourth-order valence-corrected chi connectivity index (χ4v) is 2.98. The molecule has 0 aliphatic rings. The van der Waals surface area contributed by atoms with E-state index in [1.807, 2.05) is 11.8 Å². The first-order valence-corrected chi connectivity index (χ1v) is 7.63. The Labute approximate surface area is 115 Å². The van der Waals surface area contributed by atoms with Crippen molar-refractivity contribution < 1.29 is 5.11 Å². The summed E-state index contributed by atoms with van der Waals surface area (Å²) in [6, 6.07) is 8.61. The van der Waals surface area contributed by atoms with Crippen LogP contribution < -0.4 is 5.32 Å². The molecule has 0 spiro atoms. The minimum absolute atomic E-state index is 0.123. The van der Waals surface area contributed by atoms with Gasteiger partial charge in [0.15, 0.2) is 0 Å². The van der Waals surface area contributed by atoms with Crippen molar-refractivity contribution >= 4 is 11.8 Å². The highest BCUT2D eigenvalue weighted by Crippen LogP contribution is 2.22. The largest absolute Gasteiger partial charge is 0.394 e. The number of hydrogen-bond acceptors (Lipinski definition) is 3. The highest BCUT2D eigenvalue weighted by molar-refractivity contribution is 7.99. The van der Waals surface area contributed by atoms with E-state index < -0.39 is 0 Å². The minimum Gasteiger partial charge on any atom is -0.394 e. The smallest absolute Gasteiger partial charge is 0.0610 e. The first-order valence-electron chi connectivity index (χ1n) is 6.65. The molecule has 0 radical (unpaired) electrons. The minimum atomic E-state index is -0.123. The second kappa shape index (κ2) is 7.82. The quantitative estimate of drug-likeness (QED) is 0.560. The Kier molecular flexibility index (Phi) is 6.76. The van der Waals surface area contributed by atoms with E-state index in [0.717, 1.165) is 25.1 Å². The molecule has 2 nitrogen and oxygen atoms in total. The second-order valence-electron chi connectivity index (χ2n) is 5.02. The molecule has 0 amide bonds. The monoisotopic (exact) mass is 267 g/mol. The summed E-state index contributed by atoms with van der Waals surface area (Å²) in [5, 5.41) is 12.8. The number of aliphatic hydroxyl groups is 1. The van der Waals surface area contributed by atoms with Crippen LogP contribution >= 0.6 is 11.8 Å². The van der Waals surface area contributed by atoms with Gasteiger partial charge in [-0.05, 0) is 51.1 Å². The molecule has 0 aromatic heterocycles. The summed E-state index contributed by atoms with van der Waals surface area (Å²) in [6.07, 6.45) is 2.12. The molecule has 0 saturated heterocycles. The van der Waals surface area contributed by atoms with Crippen molar-refractivity contribution in [1.29, 1.82) is 0 Å². The van der Waals surface area contributed by atoms with Crippen molar-refractivity contribution in [3.8, 4) is 0 Å². The molecule has 0 aliphatic carbocycles. The predicted molar refractivity (Wildman–Crippen MR) is 80.3 cm³/mol. The number of aliphatic hydroxyl groups excluding tert-OH is 1. The van der Waals surface area contributed by atoms with Gasteiger partial charge in [-0.2, -0.15) is 0 Å². The normalized spacial score (nSPS) is 14.4. The molecule has 0 fully saturated rings. The van der Waals surface area contributed by atoms with Crippen molar-refractivity contribution in [3.63, 3.8) is 0 Å². The van der Waals surface area contributed by atoms with Crippen LogP contribution in [0.3, 0.4) is 0 Å². The Balaban J connectivity index is 2.30. The molecule has 0 saturated carbocycles. The molecule has 1 rings (SSSR count). The van der Waals surface area contributed by atoms with Crippen LogP contribution in [-0.2, 0) is 0 Å². The van der Waals surface area contributed by atoms with Crippen molar-refractivity contribution in [2.75, 3.05) is 18.9 Å². The van der Waals surface area contributed by atoms with Crippen LogP contribution in [0, 0.1) is 6.92 Å². The fraction of sp³-hybridized carbons (Fsp3) is 0.600. The summed E-state index contributed by atoms with van der Waals surface area (Å²) < 4.78 is 0. The summed E-state index contributed by atoms with van der Waals surface area (Å²) in [6.45, 7) is 7.40. The maximum absolute atomic E-state index is 9.40. The number of hydrogen-bond donors (Lipinski definition) is 2. The lowest BCUT2D eigenvalue weighted by atomic mass is 9.97. The number of aryl methyl sites for hydroxylation is 1. The van der Waals surface area contributed by atoms with Crippen LogP contribution in [0.2, 0.25) is 0 Å². The highest BCUT2D eigenvalue weighted by atomic mass is 32.2. The summed E-state index contributed by atoms with van der Waals surface area (Å²) in [5.41, 5.74) is 1.19. The van der Waals surface area contributed by atoms with Gasteiger partial charge >= 0.3 is 0 Å². The molecule has 3 heteroatoms. The Bertz CT molecular complexity index is 356. The van der Waals surface area contributed by atoms with Crippen LogP contribution in [0.1, 0.15) is 32.3 Å². The molecule has 1 unspecified atom stereocenters. The van der Waals surface area contributed by atoms with Crippen molar-refractivity contribution in [1.82, 2.24) is 5.32 Å². The molecule has 18 heavy (non-hydrogen) atoms. The molecule has 2 N–H and O–H groups in total. The van der Waals surface area contributed by atoms with Gasteiger partial charge in [0, 0.05) is 10.4 Å². The molecular formula is C15H25NOS. The Hall–Kier alpha value is -0.510. The van der Waals surface area contributed by atoms with Gasteiger partial charge in [0.25, 0.3) is 0 Å². The molecule has 0 bridgehead atoms. The SMILES string of the molecule is CCNC(C)(CO)CCCSc1cccc(C)c1. The maximum Gasteiger partial charge on any atom is 0.0610 e. The van der Waals surface area contributed by atoms with E-state index in [1.165, 1.54) is 10.5 Å². The van der Waals surface area contributed by atoms with Gasteiger partial charge in [-0.3, -0.25) is 0 Å². The molecule has 1 aromatic rings. The Morgan fingerprint density at radius 3 is 2.78 bits per heavy atom. The zero-order chi connectivity index (χ0) is 13.4. The van der Waals surface area contributed by atoms with Gasteiger partial charge in [0.2, 0.25) is 0 Å². The van der Waals surface area contributed by atoms with E-state index in [1.54, 1.807) is 0 Å². The lowest BCUT2D eigenvalue weighted by Gasteiger charge is -2.28. The zero-order valence-electron chi connectivity index (χ0n) is 11.7. The number of thioether (sulfide) groups is 1. The number of nitrogens with one attached hydrogen (secondary N) is 1. The van der Waals surface area contributed by atoms with Gasteiger partial charge in [-0.15, -0.1) is 11.8 Å². The molecule has 0 aliphatic heterocycles. The summed E-state index contributed by atoms with van der Waals surface area (Å²) in [5.74, 6) is 1.10. The van der Waals surface area contributed by atoms with Gasteiger partial charge in [0.05, 0.1) is 6.61 Å². The lowest BCUT2D eigenvalue weighted by molar-refractivity contribution is 0.167. The average molecular weight is 267 g/mol. The van der Waals surface area contributed by atoms with Crippen LogP contribution in [0.4, 0.5) is 0 Å². The third kappa shape index (κ3) is 5.42. The van der Waals surface area contributed by atoms with Crippen molar-refractivity contribution in [3.05, 3.63) is 29.8 Å². The summed E-state index contributed by atoms with van der Waals surface area (Å²) in [4.78, 5) is 1.34. The average Bonchev–Trinajstić information content (AvgIpc) is 2.35. The van der Waals surface area contributed by atoms with Crippen LogP contribution in [0.25, 0.3) is 0 Å². The first-order chi connectivity index (χ1) is 8.59. The third-order valence-electron chi connectivity index (χ3n) is 3.08. The highest BCUT2D eigenvalue weighted by Gasteiger charge is 2.20. The van der Waals surface area contributed by atoms with E-state index in [4.69, 9.17) is 0 Å². The number of benzene rings is 1. The van der Waals surface area contributed by atoms with Gasteiger partial charge in [0.1, 0.15) is 0 Å². The Morgan fingerprint density at radius 2 is 2.17 bits per heavy atom. The van der Waals surface area contributed by atoms with Gasteiger partial charge < -0.3 is 10.4 Å². The van der Waals surface area contributed by atoms with E-state index in [-0.39, 0.29) is 12.1 Å². The summed E-state index contributed by atoms with van der Waals surface area (Å²) >= 11 is 1.89. The topological polar surface area (TPSA) is 32.3 Å². The number of likely N-dealkylation sites (N-methyl/N-ethyl adjacent to an activating group) is 1.